The molecule has 0 heterocycles. The topological polar surface area (TPSA) is 63.4 Å². The van der Waals surface area contributed by atoms with Crippen LogP contribution in [-0.4, -0.2) is 25.3 Å². The molecule has 1 aromatic carbocycles. The van der Waals surface area contributed by atoms with Crippen LogP contribution in [0, 0.1) is 12.7 Å². The first kappa shape index (κ1) is 17.9. The van der Waals surface area contributed by atoms with Crippen molar-refractivity contribution < 1.29 is 12.8 Å². The highest BCUT2D eigenvalue weighted by Crippen LogP contribution is 2.26. The summed E-state index contributed by atoms with van der Waals surface area (Å²) in [6, 6.07) is 2.47. The number of nitrogens with zero attached hydrogens (tertiary/aromatic N) is 1. The lowest BCUT2D eigenvalue weighted by atomic mass is 10.2. The summed E-state index contributed by atoms with van der Waals surface area (Å²) in [5.41, 5.74) is 6.18. The van der Waals surface area contributed by atoms with Crippen LogP contribution in [0.4, 0.5) is 10.1 Å². The minimum Gasteiger partial charge on any atom is -0.399 e. The van der Waals surface area contributed by atoms with E-state index in [1.807, 2.05) is 20.8 Å². The van der Waals surface area contributed by atoms with Crippen molar-refractivity contribution >= 4 is 15.7 Å². The number of unbranched alkanes of at least 4 members (excludes halogenated alkanes) is 1. The molecule has 0 fully saturated rings. The molecule has 0 radical (unpaired) electrons. The Morgan fingerprint density at radius 3 is 2.48 bits per heavy atom. The lowest BCUT2D eigenvalue weighted by Gasteiger charge is -2.28. The molecule has 1 atom stereocenters. The van der Waals surface area contributed by atoms with Crippen LogP contribution in [0.15, 0.2) is 17.0 Å². The molecule has 0 aliphatic carbocycles. The number of sulfonamides is 1. The predicted molar refractivity (Wildman–Crippen MR) is 84.1 cm³/mol. The highest BCUT2D eigenvalue weighted by atomic mass is 32.2. The van der Waals surface area contributed by atoms with E-state index in [9.17, 15) is 12.8 Å². The Hall–Kier alpha value is -1.14. The number of aryl methyl sites for hydroxylation is 1. The summed E-state index contributed by atoms with van der Waals surface area (Å²) in [5.74, 6) is -0.714. The molecule has 0 amide bonds. The van der Waals surface area contributed by atoms with Gasteiger partial charge in [-0.05, 0) is 44.4 Å². The molecule has 0 saturated carbocycles. The normalized spacial score (nSPS) is 13.6. The molecule has 1 aromatic rings. The van der Waals surface area contributed by atoms with Gasteiger partial charge in [-0.25, -0.2) is 12.8 Å². The molecule has 21 heavy (non-hydrogen) atoms. The van der Waals surface area contributed by atoms with E-state index in [2.05, 4.69) is 0 Å². The third kappa shape index (κ3) is 3.95. The van der Waals surface area contributed by atoms with Gasteiger partial charge in [-0.15, -0.1) is 0 Å². The van der Waals surface area contributed by atoms with Crippen molar-refractivity contribution in [3.8, 4) is 0 Å². The van der Waals surface area contributed by atoms with Crippen LogP contribution in [0.5, 0.6) is 0 Å². The Kier molecular flexibility index (Phi) is 6.16. The molecular formula is C15H25FN2O2S. The van der Waals surface area contributed by atoms with Crippen LogP contribution in [0.25, 0.3) is 0 Å². The number of hydrogen-bond acceptors (Lipinski definition) is 3. The molecular weight excluding hydrogens is 291 g/mol. The van der Waals surface area contributed by atoms with Gasteiger partial charge in [0.15, 0.2) is 0 Å². The number of rotatable bonds is 7. The minimum atomic E-state index is -3.88. The zero-order valence-electron chi connectivity index (χ0n) is 13.2. The Labute approximate surface area is 127 Å². The van der Waals surface area contributed by atoms with E-state index in [1.54, 1.807) is 0 Å². The van der Waals surface area contributed by atoms with Gasteiger partial charge in [-0.2, -0.15) is 4.31 Å². The Morgan fingerprint density at radius 2 is 1.95 bits per heavy atom. The smallest absolute Gasteiger partial charge is 0.246 e. The fraction of sp³-hybridized carbons (Fsp3) is 0.600. The van der Waals surface area contributed by atoms with Crippen molar-refractivity contribution in [3.05, 3.63) is 23.5 Å². The van der Waals surface area contributed by atoms with Gasteiger partial charge in [-0.1, -0.05) is 20.3 Å². The second-order valence-corrected chi connectivity index (χ2v) is 7.24. The Balaban J connectivity index is 3.35. The van der Waals surface area contributed by atoms with Crippen LogP contribution < -0.4 is 5.73 Å². The van der Waals surface area contributed by atoms with Crippen LogP contribution >= 0.6 is 0 Å². The van der Waals surface area contributed by atoms with E-state index < -0.39 is 15.8 Å². The molecule has 0 spiro atoms. The summed E-state index contributed by atoms with van der Waals surface area (Å²) >= 11 is 0. The molecule has 0 aliphatic rings. The second-order valence-electron chi connectivity index (χ2n) is 5.38. The fourth-order valence-electron chi connectivity index (χ4n) is 2.17. The summed E-state index contributed by atoms with van der Waals surface area (Å²) in [4.78, 5) is -0.323. The lowest BCUT2D eigenvalue weighted by molar-refractivity contribution is 0.322. The van der Waals surface area contributed by atoms with Crippen LogP contribution in [-0.2, 0) is 10.0 Å². The van der Waals surface area contributed by atoms with Gasteiger partial charge >= 0.3 is 0 Å². The number of anilines is 1. The maximum atomic E-state index is 14.3. The average molecular weight is 316 g/mol. The zero-order chi connectivity index (χ0) is 16.2. The van der Waals surface area contributed by atoms with Crippen LogP contribution in [0.1, 0.15) is 45.6 Å². The van der Waals surface area contributed by atoms with E-state index >= 15 is 0 Å². The quantitative estimate of drug-likeness (QED) is 0.785. The van der Waals surface area contributed by atoms with Crippen molar-refractivity contribution in [1.82, 2.24) is 4.31 Å². The Morgan fingerprint density at radius 1 is 1.33 bits per heavy atom. The Bertz CT molecular complexity index is 588. The third-order valence-electron chi connectivity index (χ3n) is 3.64. The van der Waals surface area contributed by atoms with E-state index in [4.69, 9.17) is 5.73 Å². The first-order valence-electron chi connectivity index (χ1n) is 7.33. The maximum absolute atomic E-state index is 14.3. The zero-order valence-corrected chi connectivity index (χ0v) is 14.0. The highest BCUT2D eigenvalue weighted by molar-refractivity contribution is 7.89. The molecule has 0 bridgehead atoms. The summed E-state index contributed by atoms with van der Waals surface area (Å²) in [7, 11) is -3.88. The van der Waals surface area contributed by atoms with Crippen molar-refractivity contribution in [2.45, 2.75) is 57.9 Å². The third-order valence-corrected chi connectivity index (χ3v) is 5.66. The lowest BCUT2D eigenvalue weighted by Crippen LogP contribution is -2.39. The average Bonchev–Trinajstić information content (AvgIpc) is 2.42. The van der Waals surface area contributed by atoms with Gasteiger partial charge in [0.05, 0.1) is 0 Å². The van der Waals surface area contributed by atoms with E-state index in [-0.39, 0.29) is 22.2 Å². The predicted octanol–water partition coefficient (Wildman–Crippen LogP) is 3.31. The molecule has 4 nitrogen and oxygen atoms in total. The molecule has 0 saturated heterocycles. The van der Waals surface area contributed by atoms with Crippen LogP contribution in [0.2, 0.25) is 0 Å². The fourth-order valence-corrected chi connectivity index (χ4v) is 4.09. The molecule has 1 rings (SSSR count). The van der Waals surface area contributed by atoms with E-state index in [0.717, 1.165) is 12.8 Å². The van der Waals surface area contributed by atoms with Gasteiger partial charge in [-0.3, -0.25) is 0 Å². The van der Waals surface area contributed by atoms with Gasteiger partial charge in [0, 0.05) is 18.3 Å². The monoisotopic (exact) mass is 316 g/mol. The number of nitrogen functional groups attached to an aromatic ring is 1. The summed E-state index contributed by atoms with van der Waals surface area (Å²) in [5, 5.41) is 0. The van der Waals surface area contributed by atoms with E-state index in [1.165, 1.54) is 23.4 Å². The minimum absolute atomic E-state index is 0.178. The standard InChI is InChI=1S/C15H25FN2O2S/c1-5-7-8-18(12(4)6-2)21(19,20)14-10-13(17)9-11(3)15(14)16/h9-10,12H,5-8,17H2,1-4H3. The van der Waals surface area contributed by atoms with Gasteiger partial charge in [0.2, 0.25) is 10.0 Å². The van der Waals surface area contributed by atoms with Gasteiger partial charge in [0.25, 0.3) is 0 Å². The highest BCUT2D eigenvalue weighted by Gasteiger charge is 2.31. The van der Waals surface area contributed by atoms with E-state index in [0.29, 0.717) is 13.0 Å². The molecule has 0 aliphatic heterocycles. The number of hydrogen-bond donors (Lipinski definition) is 1. The van der Waals surface area contributed by atoms with Crippen molar-refractivity contribution in [3.63, 3.8) is 0 Å². The van der Waals surface area contributed by atoms with Crippen molar-refractivity contribution in [2.24, 2.45) is 0 Å². The SMILES string of the molecule is CCCCN(C(C)CC)S(=O)(=O)c1cc(N)cc(C)c1F. The van der Waals surface area contributed by atoms with Crippen molar-refractivity contribution in [1.29, 1.82) is 0 Å². The number of halogens is 1. The largest absolute Gasteiger partial charge is 0.399 e. The first-order valence-corrected chi connectivity index (χ1v) is 8.77. The molecule has 6 heteroatoms. The summed E-state index contributed by atoms with van der Waals surface area (Å²) in [6.45, 7) is 7.66. The summed E-state index contributed by atoms with van der Waals surface area (Å²) < 4.78 is 41.2. The van der Waals surface area contributed by atoms with Gasteiger partial charge in [0.1, 0.15) is 10.7 Å². The molecule has 0 aromatic heterocycles. The second kappa shape index (κ2) is 7.22. The number of nitrogens with two attached hydrogens (primary N) is 1. The maximum Gasteiger partial charge on any atom is 0.246 e. The van der Waals surface area contributed by atoms with Crippen molar-refractivity contribution in [2.75, 3.05) is 12.3 Å². The summed E-state index contributed by atoms with van der Waals surface area (Å²) in [6.07, 6.45) is 2.29. The van der Waals surface area contributed by atoms with Gasteiger partial charge < -0.3 is 5.73 Å². The van der Waals surface area contributed by atoms with Crippen LogP contribution in [0.3, 0.4) is 0 Å². The first-order chi connectivity index (χ1) is 9.75. The molecule has 2 N–H and O–H groups in total. The molecule has 120 valence electrons. The number of benzene rings is 1. The molecule has 1 unspecified atom stereocenters.